The number of carbonyl (C=O) groups excluding carboxylic acids is 2. The van der Waals surface area contributed by atoms with Crippen molar-refractivity contribution in [3.63, 3.8) is 0 Å². The minimum Gasteiger partial charge on any atom is -0.484 e. The van der Waals surface area contributed by atoms with Crippen molar-refractivity contribution in [2.75, 3.05) is 18.1 Å². The van der Waals surface area contributed by atoms with Gasteiger partial charge in [0.25, 0.3) is 11.8 Å². The molecule has 1 N–H and O–H groups in total. The number of benzene rings is 2. The summed E-state index contributed by atoms with van der Waals surface area (Å²) in [4.78, 5) is 32.2. The summed E-state index contributed by atoms with van der Waals surface area (Å²) in [5.74, 6) is 0.430. The van der Waals surface area contributed by atoms with Gasteiger partial charge in [-0.3, -0.25) is 9.59 Å². The van der Waals surface area contributed by atoms with Crippen LogP contribution in [0.4, 0.5) is 5.69 Å². The van der Waals surface area contributed by atoms with E-state index in [1.807, 2.05) is 62.4 Å². The average Bonchev–Trinajstić information content (AvgIpc) is 2.89. The van der Waals surface area contributed by atoms with Crippen LogP contribution in [-0.4, -0.2) is 29.9 Å². The maximum Gasteiger partial charge on any atom is 0.261 e. The monoisotopic (exact) mass is 433 g/mol. The molecule has 0 saturated carbocycles. The molecule has 0 aliphatic carbocycles. The Morgan fingerprint density at radius 2 is 2.03 bits per heavy atom. The van der Waals surface area contributed by atoms with Crippen LogP contribution in [0, 0.1) is 6.92 Å². The van der Waals surface area contributed by atoms with Crippen LogP contribution in [0.2, 0.25) is 0 Å². The molecule has 0 radical (unpaired) electrons. The molecular weight excluding hydrogens is 410 g/mol. The van der Waals surface area contributed by atoms with Gasteiger partial charge in [0, 0.05) is 24.2 Å². The highest BCUT2D eigenvalue weighted by Crippen LogP contribution is 2.40. The Bertz CT molecular complexity index is 1130. The van der Waals surface area contributed by atoms with Crippen molar-refractivity contribution in [1.29, 1.82) is 0 Å². The van der Waals surface area contributed by atoms with Gasteiger partial charge < -0.3 is 15.0 Å². The molecule has 2 amide bonds. The summed E-state index contributed by atoms with van der Waals surface area (Å²) < 4.78 is 5.56. The quantitative estimate of drug-likeness (QED) is 0.630. The minimum absolute atomic E-state index is 0.0431. The zero-order valence-electron chi connectivity index (χ0n) is 17.4. The highest BCUT2D eigenvalue weighted by molar-refractivity contribution is 7.99. The molecular formula is C24H23N3O3S. The van der Waals surface area contributed by atoms with Crippen LogP contribution in [0.25, 0.3) is 0 Å². The first-order chi connectivity index (χ1) is 15.0. The van der Waals surface area contributed by atoms with Gasteiger partial charge in [0.2, 0.25) is 0 Å². The van der Waals surface area contributed by atoms with E-state index < -0.39 is 0 Å². The third kappa shape index (κ3) is 4.72. The van der Waals surface area contributed by atoms with Gasteiger partial charge in [-0.1, -0.05) is 30.0 Å². The molecule has 1 aliphatic heterocycles. The lowest BCUT2D eigenvalue weighted by molar-refractivity contribution is -0.123. The number of aryl methyl sites for hydroxylation is 1. The lowest BCUT2D eigenvalue weighted by Crippen LogP contribution is -2.30. The molecule has 2 aromatic carbocycles. The second-order valence-electron chi connectivity index (χ2n) is 7.19. The van der Waals surface area contributed by atoms with E-state index in [0.717, 1.165) is 21.7 Å². The van der Waals surface area contributed by atoms with Crippen molar-refractivity contribution in [2.24, 2.45) is 0 Å². The number of hydrogen-bond acceptors (Lipinski definition) is 5. The molecule has 6 nitrogen and oxygen atoms in total. The molecule has 1 aliphatic rings. The van der Waals surface area contributed by atoms with Crippen LogP contribution in [0.5, 0.6) is 5.75 Å². The minimum atomic E-state index is -0.193. The molecule has 0 saturated heterocycles. The van der Waals surface area contributed by atoms with Crippen molar-refractivity contribution >= 4 is 29.3 Å². The Labute approximate surface area is 185 Å². The fourth-order valence-corrected chi connectivity index (χ4v) is 4.47. The summed E-state index contributed by atoms with van der Waals surface area (Å²) >= 11 is 1.47. The number of anilines is 1. The van der Waals surface area contributed by atoms with Crippen LogP contribution in [-0.2, 0) is 11.3 Å². The van der Waals surface area contributed by atoms with Crippen LogP contribution in [0.1, 0.15) is 28.4 Å². The van der Waals surface area contributed by atoms with Crippen LogP contribution >= 0.6 is 11.8 Å². The van der Waals surface area contributed by atoms with E-state index in [1.54, 1.807) is 17.2 Å². The van der Waals surface area contributed by atoms with Crippen molar-refractivity contribution in [3.8, 4) is 5.75 Å². The Balaban J connectivity index is 1.45. The number of aromatic nitrogens is 1. The number of fused-ring (bicyclic) bond motifs is 2. The van der Waals surface area contributed by atoms with E-state index >= 15 is 0 Å². The predicted molar refractivity (Wildman–Crippen MR) is 121 cm³/mol. The first-order valence-corrected chi connectivity index (χ1v) is 10.9. The second kappa shape index (κ2) is 9.22. The van der Waals surface area contributed by atoms with Crippen LogP contribution in [0.15, 0.2) is 70.7 Å². The van der Waals surface area contributed by atoms with Gasteiger partial charge in [-0.2, -0.15) is 0 Å². The normalized spacial score (nSPS) is 12.6. The van der Waals surface area contributed by atoms with E-state index in [0.29, 0.717) is 29.4 Å². The molecule has 0 bridgehead atoms. The highest BCUT2D eigenvalue weighted by atomic mass is 32.2. The summed E-state index contributed by atoms with van der Waals surface area (Å²) in [6.07, 6.45) is 1.69. The Morgan fingerprint density at radius 1 is 1.16 bits per heavy atom. The highest BCUT2D eigenvalue weighted by Gasteiger charge is 2.27. The van der Waals surface area contributed by atoms with Crippen LogP contribution in [0.3, 0.4) is 0 Å². The molecule has 0 fully saturated rings. The molecule has 31 heavy (non-hydrogen) atoms. The van der Waals surface area contributed by atoms with Gasteiger partial charge in [0.15, 0.2) is 6.61 Å². The lowest BCUT2D eigenvalue weighted by atomic mass is 10.1. The maximum atomic E-state index is 12.9. The topological polar surface area (TPSA) is 71.5 Å². The Kier molecular flexibility index (Phi) is 6.23. The van der Waals surface area contributed by atoms with Gasteiger partial charge in [0.05, 0.1) is 11.3 Å². The Hall–Kier alpha value is -3.32. The van der Waals surface area contributed by atoms with Gasteiger partial charge >= 0.3 is 0 Å². The third-order valence-electron chi connectivity index (χ3n) is 4.93. The van der Waals surface area contributed by atoms with Gasteiger partial charge in [0.1, 0.15) is 10.8 Å². The molecule has 0 atom stereocenters. The molecule has 3 aromatic rings. The van der Waals surface area contributed by atoms with E-state index in [4.69, 9.17) is 4.74 Å². The van der Waals surface area contributed by atoms with Crippen molar-refractivity contribution in [2.45, 2.75) is 30.3 Å². The fourth-order valence-electron chi connectivity index (χ4n) is 3.39. The largest absolute Gasteiger partial charge is 0.484 e. The zero-order chi connectivity index (χ0) is 21.8. The smallest absolute Gasteiger partial charge is 0.261 e. The summed E-state index contributed by atoms with van der Waals surface area (Å²) in [7, 11) is 0. The molecule has 2 heterocycles. The number of nitrogens with one attached hydrogen (secondary N) is 1. The molecule has 158 valence electrons. The molecule has 0 unspecified atom stereocenters. The second-order valence-corrected chi connectivity index (χ2v) is 8.22. The number of carbonyl (C=O) groups is 2. The van der Waals surface area contributed by atoms with Crippen molar-refractivity contribution in [1.82, 2.24) is 10.3 Å². The van der Waals surface area contributed by atoms with Crippen LogP contribution < -0.4 is 15.0 Å². The molecule has 0 spiro atoms. The van der Waals surface area contributed by atoms with E-state index in [1.165, 1.54) is 11.8 Å². The number of ether oxygens (including phenoxy) is 1. The summed E-state index contributed by atoms with van der Waals surface area (Å²) in [5, 5.41) is 3.58. The van der Waals surface area contributed by atoms with E-state index in [9.17, 15) is 9.59 Å². The predicted octanol–water partition coefficient (Wildman–Crippen LogP) is 4.22. The third-order valence-corrected chi connectivity index (χ3v) is 6.00. The van der Waals surface area contributed by atoms with Gasteiger partial charge in [-0.05, 0) is 61.4 Å². The number of amides is 2. The standard InChI is InChI=1S/C24H23N3O3S/c1-3-27-20-10-9-17(13-21(20)31-23-19(24(27)29)8-5-11-25-23)14-26-22(28)15-30-18-7-4-6-16(2)12-18/h4-13H,3,14-15H2,1-2H3,(H,26,28). The molecule has 4 rings (SSSR count). The van der Waals surface area contributed by atoms with Gasteiger partial charge in [-0.15, -0.1) is 0 Å². The average molecular weight is 434 g/mol. The maximum absolute atomic E-state index is 12.9. The first kappa shape index (κ1) is 20.9. The molecule has 1 aromatic heterocycles. The fraction of sp³-hybridized carbons (Fsp3) is 0.208. The van der Waals surface area contributed by atoms with E-state index in [-0.39, 0.29) is 18.4 Å². The summed E-state index contributed by atoms with van der Waals surface area (Å²) in [6, 6.07) is 17.0. The number of hydrogen-bond donors (Lipinski definition) is 1. The summed E-state index contributed by atoms with van der Waals surface area (Å²) in [6.45, 7) is 4.82. The number of pyridine rings is 1. The lowest BCUT2D eigenvalue weighted by Gasteiger charge is -2.21. The van der Waals surface area contributed by atoms with Gasteiger partial charge in [-0.25, -0.2) is 4.98 Å². The SMILES string of the molecule is CCN1C(=O)c2cccnc2Sc2cc(CNC(=O)COc3cccc(C)c3)ccc21. The van der Waals surface area contributed by atoms with E-state index in [2.05, 4.69) is 10.3 Å². The number of rotatable bonds is 6. The zero-order valence-corrected chi connectivity index (χ0v) is 18.2. The van der Waals surface area contributed by atoms with Crippen molar-refractivity contribution < 1.29 is 14.3 Å². The summed E-state index contributed by atoms with van der Waals surface area (Å²) in [5.41, 5.74) is 3.48. The van der Waals surface area contributed by atoms with Crippen molar-refractivity contribution in [3.05, 3.63) is 77.5 Å². The number of nitrogens with zero attached hydrogens (tertiary/aromatic N) is 2. The Morgan fingerprint density at radius 3 is 2.84 bits per heavy atom. The first-order valence-electron chi connectivity index (χ1n) is 10.1. The molecule has 7 heteroatoms.